The van der Waals surface area contributed by atoms with Gasteiger partial charge in [-0.2, -0.15) is 0 Å². The van der Waals surface area contributed by atoms with E-state index >= 15 is 0 Å². The quantitative estimate of drug-likeness (QED) is 0.571. The Kier molecular flexibility index (Phi) is 6.41. The normalized spacial score (nSPS) is 15.2. The van der Waals surface area contributed by atoms with Crippen molar-refractivity contribution in [2.75, 3.05) is 33.2 Å². The molecule has 1 aliphatic heterocycles. The van der Waals surface area contributed by atoms with Gasteiger partial charge < -0.3 is 15.2 Å². The topological polar surface area (TPSA) is 70.4 Å². The van der Waals surface area contributed by atoms with Crippen molar-refractivity contribution in [2.45, 2.75) is 32.9 Å². The molecule has 25 heavy (non-hydrogen) atoms. The zero-order chi connectivity index (χ0) is 17.5. The fraction of sp³-hybridized carbons (Fsp3) is 0.588. The molecule has 0 atom stereocenters. The Morgan fingerprint density at radius 3 is 2.96 bits per heavy atom. The number of hydrogen-bond acceptors (Lipinski definition) is 5. The second kappa shape index (κ2) is 8.96. The number of hydrogen-bond donors (Lipinski definition) is 2. The second-order valence-electron chi connectivity index (χ2n) is 6.12. The van der Waals surface area contributed by atoms with Gasteiger partial charge in [-0.05, 0) is 23.4 Å². The average molecular weight is 362 g/mol. The number of nitrogens with one attached hydrogen (secondary N) is 2. The molecule has 2 aromatic rings. The van der Waals surface area contributed by atoms with E-state index in [0.717, 1.165) is 57.5 Å². The summed E-state index contributed by atoms with van der Waals surface area (Å²) >= 11 is 1.89. The molecular formula is C17H27N7S. The maximum atomic E-state index is 4.30. The molecule has 2 aromatic heterocycles. The van der Waals surface area contributed by atoms with Gasteiger partial charge in [0.2, 0.25) is 0 Å². The van der Waals surface area contributed by atoms with E-state index in [1.807, 2.05) is 18.4 Å². The van der Waals surface area contributed by atoms with Crippen LogP contribution < -0.4 is 10.6 Å². The third-order valence-corrected chi connectivity index (χ3v) is 5.51. The highest BCUT2D eigenvalue weighted by Crippen LogP contribution is 2.23. The highest BCUT2D eigenvalue weighted by atomic mass is 32.1. The van der Waals surface area contributed by atoms with Gasteiger partial charge in [0.15, 0.2) is 5.96 Å². The molecule has 0 amide bonds. The predicted molar refractivity (Wildman–Crippen MR) is 102 cm³/mol. The number of nitrogens with zero attached hydrogens (tertiary/aromatic N) is 5. The molecule has 0 aliphatic carbocycles. The molecule has 0 bridgehead atoms. The number of rotatable bonds is 7. The van der Waals surface area contributed by atoms with Crippen LogP contribution in [0, 0.1) is 0 Å². The van der Waals surface area contributed by atoms with Crippen LogP contribution in [0.25, 0.3) is 0 Å². The lowest BCUT2D eigenvalue weighted by atomic mass is 10.1. The monoisotopic (exact) mass is 361 g/mol. The maximum absolute atomic E-state index is 4.30. The summed E-state index contributed by atoms with van der Waals surface area (Å²) in [5, 5.41) is 17.0. The van der Waals surface area contributed by atoms with Gasteiger partial charge in [-0.25, -0.2) is 0 Å². The van der Waals surface area contributed by atoms with Crippen molar-refractivity contribution in [3.63, 3.8) is 0 Å². The van der Waals surface area contributed by atoms with Crippen molar-refractivity contribution in [1.82, 2.24) is 30.3 Å². The molecule has 8 heteroatoms. The van der Waals surface area contributed by atoms with Gasteiger partial charge >= 0.3 is 0 Å². The molecule has 1 aliphatic rings. The van der Waals surface area contributed by atoms with Gasteiger partial charge in [-0.1, -0.05) is 6.92 Å². The Morgan fingerprint density at radius 1 is 1.32 bits per heavy atom. The molecule has 3 rings (SSSR count). The standard InChI is InChI=1S/C17H27N7S/c1-3-16-22-21-13-24(16)10-7-20-17(18-2)19-6-9-23-8-4-15-14(12-23)5-11-25-15/h5,11,13H,3-4,6-10,12H2,1-2H3,(H2,18,19,20). The molecule has 0 spiro atoms. The molecule has 136 valence electrons. The van der Waals surface area contributed by atoms with Crippen LogP contribution in [0.3, 0.4) is 0 Å². The first-order chi connectivity index (χ1) is 12.3. The molecular weight excluding hydrogens is 334 g/mol. The van der Waals surface area contributed by atoms with Crippen LogP contribution in [-0.4, -0.2) is 58.9 Å². The number of aryl methyl sites for hydroxylation is 1. The molecule has 0 saturated heterocycles. The number of aliphatic imine (C=N–C) groups is 1. The van der Waals surface area contributed by atoms with Crippen LogP contribution in [0.2, 0.25) is 0 Å². The zero-order valence-corrected chi connectivity index (χ0v) is 15.8. The molecule has 2 N–H and O–H groups in total. The molecule has 3 heterocycles. The lowest BCUT2D eigenvalue weighted by Crippen LogP contribution is -2.43. The fourth-order valence-electron chi connectivity index (χ4n) is 3.09. The lowest BCUT2D eigenvalue weighted by molar-refractivity contribution is 0.260. The predicted octanol–water partition coefficient (Wildman–Crippen LogP) is 1.13. The summed E-state index contributed by atoms with van der Waals surface area (Å²) in [7, 11) is 1.81. The molecule has 0 aromatic carbocycles. The minimum Gasteiger partial charge on any atom is -0.355 e. The SMILES string of the molecule is CCc1nncn1CCNC(=NC)NCCN1CCc2sccc2C1. The summed E-state index contributed by atoms with van der Waals surface area (Å²) in [6.07, 6.45) is 3.86. The van der Waals surface area contributed by atoms with Crippen LogP contribution in [0.5, 0.6) is 0 Å². The number of aromatic nitrogens is 3. The summed E-state index contributed by atoms with van der Waals surface area (Å²) in [6.45, 7) is 7.87. The summed E-state index contributed by atoms with van der Waals surface area (Å²) < 4.78 is 2.08. The minimum atomic E-state index is 0.798. The molecule has 7 nitrogen and oxygen atoms in total. The minimum absolute atomic E-state index is 0.798. The van der Waals surface area contributed by atoms with Gasteiger partial charge in [0.1, 0.15) is 12.2 Å². The van der Waals surface area contributed by atoms with E-state index in [0.29, 0.717) is 0 Å². The first-order valence-electron chi connectivity index (χ1n) is 8.89. The van der Waals surface area contributed by atoms with E-state index in [4.69, 9.17) is 0 Å². The number of guanidine groups is 1. The van der Waals surface area contributed by atoms with Gasteiger partial charge in [-0.15, -0.1) is 21.5 Å². The van der Waals surface area contributed by atoms with Crippen LogP contribution >= 0.6 is 11.3 Å². The molecule has 0 radical (unpaired) electrons. The fourth-order valence-corrected chi connectivity index (χ4v) is 3.97. The Labute approximate surface area is 153 Å². The second-order valence-corrected chi connectivity index (χ2v) is 7.12. The van der Waals surface area contributed by atoms with E-state index in [2.05, 4.69) is 53.7 Å². The van der Waals surface area contributed by atoms with E-state index in [-0.39, 0.29) is 0 Å². The number of fused-ring (bicyclic) bond motifs is 1. The summed E-state index contributed by atoms with van der Waals surface area (Å²) in [5.41, 5.74) is 1.50. The number of thiophene rings is 1. The van der Waals surface area contributed by atoms with Crippen molar-refractivity contribution in [1.29, 1.82) is 0 Å². The third kappa shape index (κ3) is 4.79. The summed E-state index contributed by atoms with van der Waals surface area (Å²) in [4.78, 5) is 8.35. The first kappa shape index (κ1) is 17.9. The van der Waals surface area contributed by atoms with E-state index < -0.39 is 0 Å². The molecule has 0 unspecified atom stereocenters. The van der Waals surface area contributed by atoms with Crippen molar-refractivity contribution in [3.05, 3.63) is 34.0 Å². The zero-order valence-electron chi connectivity index (χ0n) is 15.0. The summed E-state index contributed by atoms with van der Waals surface area (Å²) in [5.74, 6) is 1.86. The van der Waals surface area contributed by atoms with Crippen molar-refractivity contribution in [3.8, 4) is 0 Å². The van der Waals surface area contributed by atoms with Crippen LogP contribution in [0.1, 0.15) is 23.2 Å². The van der Waals surface area contributed by atoms with Crippen LogP contribution in [0.15, 0.2) is 22.8 Å². The van der Waals surface area contributed by atoms with Crippen LogP contribution in [-0.2, 0) is 25.9 Å². The van der Waals surface area contributed by atoms with Crippen LogP contribution in [0.4, 0.5) is 0 Å². The van der Waals surface area contributed by atoms with Gasteiger partial charge in [-0.3, -0.25) is 9.89 Å². The Balaban J connectivity index is 1.35. The van der Waals surface area contributed by atoms with E-state index in [1.165, 1.54) is 12.0 Å². The highest BCUT2D eigenvalue weighted by Gasteiger charge is 2.16. The van der Waals surface area contributed by atoms with Gasteiger partial charge in [0, 0.05) is 57.6 Å². The highest BCUT2D eigenvalue weighted by molar-refractivity contribution is 7.10. The smallest absolute Gasteiger partial charge is 0.191 e. The Hall–Kier alpha value is -1.93. The maximum Gasteiger partial charge on any atom is 0.191 e. The largest absolute Gasteiger partial charge is 0.355 e. The van der Waals surface area contributed by atoms with Gasteiger partial charge in [0.05, 0.1) is 0 Å². The van der Waals surface area contributed by atoms with Crippen molar-refractivity contribution in [2.24, 2.45) is 4.99 Å². The summed E-state index contributed by atoms with van der Waals surface area (Å²) in [6, 6.07) is 2.26. The van der Waals surface area contributed by atoms with Crippen molar-refractivity contribution < 1.29 is 0 Å². The van der Waals surface area contributed by atoms with E-state index in [1.54, 1.807) is 11.2 Å². The van der Waals surface area contributed by atoms with E-state index in [9.17, 15) is 0 Å². The molecule has 0 fully saturated rings. The third-order valence-electron chi connectivity index (χ3n) is 4.49. The van der Waals surface area contributed by atoms with Crippen molar-refractivity contribution >= 4 is 17.3 Å². The first-order valence-corrected chi connectivity index (χ1v) is 9.77. The lowest BCUT2D eigenvalue weighted by Gasteiger charge is -2.27. The average Bonchev–Trinajstić information content (AvgIpc) is 3.28. The molecule has 0 saturated carbocycles. The van der Waals surface area contributed by atoms with Gasteiger partial charge in [0.25, 0.3) is 0 Å². The Morgan fingerprint density at radius 2 is 2.16 bits per heavy atom. The Bertz CT molecular complexity index is 691.